The standard InChI is InChI=1S/C14H23NO3/c1-18-13-7-5-6-12(10-13)11-15-9-4-2-3-8-14(16)17/h5-7,10,14-17H,2-4,8-9,11H2,1H3. The molecule has 1 aromatic rings. The van der Waals surface area contributed by atoms with Crippen LogP contribution in [0.4, 0.5) is 0 Å². The molecule has 0 aromatic heterocycles. The first kappa shape index (κ1) is 15.0. The van der Waals surface area contributed by atoms with Crippen molar-refractivity contribution in [3.63, 3.8) is 0 Å². The predicted octanol–water partition coefficient (Wildman–Crippen LogP) is 1.66. The van der Waals surface area contributed by atoms with E-state index in [0.717, 1.165) is 38.1 Å². The van der Waals surface area contributed by atoms with Gasteiger partial charge in [0.15, 0.2) is 6.29 Å². The summed E-state index contributed by atoms with van der Waals surface area (Å²) < 4.78 is 5.16. The lowest BCUT2D eigenvalue weighted by Crippen LogP contribution is -2.14. The van der Waals surface area contributed by atoms with Crippen molar-refractivity contribution >= 4 is 0 Å². The van der Waals surface area contributed by atoms with E-state index < -0.39 is 6.29 Å². The van der Waals surface area contributed by atoms with Gasteiger partial charge in [-0.25, -0.2) is 0 Å². The van der Waals surface area contributed by atoms with Crippen molar-refractivity contribution in [3.05, 3.63) is 29.8 Å². The maximum absolute atomic E-state index is 8.68. The first-order valence-electron chi connectivity index (χ1n) is 6.42. The Morgan fingerprint density at radius 2 is 2.06 bits per heavy atom. The van der Waals surface area contributed by atoms with Crippen LogP contribution in [-0.4, -0.2) is 30.2 Å². The fourth-order valence-electron chi connectivity index (χ4n) is 1.77. The van der Waals surface area contributed by atoms with Crippen LogP contribution in [0, 0.1) is 0 Å². The van der Waals surface area contributed by atoms with Gasteiger partial charge in [0.05, 0.1) is 7.11 Å². The van der Waals surface area contributed by atoms with E-state index >= 15 is 0 Å². The summed E-state index contributed by atoms with van der Waals surface area (Å²) in [6.07, 6.45) is 2.24. The van der Waals surface area contributed by atoms with E-state index in [4.69, 9.17) is 14.9 Å². The monoisotopic (exact) mass is 253 g/mol. The molecule has 0 aliphatic rings. The number of hydrogen-bond donors (Lipinski definition) is 3. The fourth-order valence-corrected chi connectivity index (χ4v) is 1.77. The highest BCUT2D eigenvalue weighted by atomic mass is 16.5. The molecule has 0 atom stereocenters. The zero-order valence-electron chi connectivity index (χ0n) is 10.9. The lowest BCUT2D eigenvalue weighted by Gasteiger charge is -2.07. The quantitative estimate of drug-likeness (QED) is 0.462. The molecule has 18 heavy (non-hydrogen) atoms. The lowest BCUT2D eigenvalue weighted by molar-refractivity contribution is -0.0465. The molecule has 0 aliphatic carbocycles. The number of rotatable bonds is 9. The zero-order chi connectivity index (χ0) is 13.2. The van der Waals surface area contributed by atoms with Crippen molar-refractivity contribution in [1.82, 2.24) is 5.32 Å². The molecule has 0 unspecified atom stereocenters. The second-order valence-electron chi connectivity index (χ2n) is 4.36. The third-order valence-corrected chi connectivity index (χ3v) is 2.78. The summed E-state index contributed by atoms with van der Waals surface area (Å²) >= 11 is 0. The summed E-state index contributed by atoms with van der Waals surface area (Å²) in [5.74, 6) is 0.881. The highest BCUT2D eigenvalue weighted by Crippen LogP contribution is 2.12. The number of aliphatic hydroxyl groups is 2. The van der Waals surface area contributed by atoms with E-state index in [0.29, 0.717) is 6.42 Å². The molecule has 4 nitrogen and oxygen atoms in total. The Hall–Kier alpha value is -1.10. The van der Waals surface area contributed by atoms with E-state index in [1.54, 1.807) is 7.11 Å². The smallest absolute Gasteiger partial charge is 0.151 e. The first-order valence-corrected chi connectivity index (χ1v) is 6.42. The largest absolute Gasteiger partial charge is 0.497 e. The molecule has 0 aliphatic heterocycles. The van der Waals surface area contributed by atoms with Gasteiger partial charge in [-0.2, -0.15) is 0 Å². The molecule has 102 valence electrons. The molecule has 3 N–H and O–H groups in total. The van der Waals surface area contributed by atoms with E-state index in [-0.39, 0.29) is 0 Å². The van der Waals surface area contributed by atoms with Crippen LogP contribution in [0.25, 0.3) is 0 Å². The van der Waals surface area contributed by atoms with Crippen LogP contribution < -0.4 is 10.1 Å². The van der Waals surface area contributed by atoms with Crippen molar-refractivity contribution in [3.8, 4) is 5.75 Å². The minimum Gasteiger partial charge on any atom is -0.497 e. The van der Waals surface area contributed by atoms with Gasteiger partial charge in [-0.05, 0) is 43.5 Å². The third kappa shape index (κ3) is 6.59. The van der Waals surface area contributed by atoms with E-state index in [1.165, 1.54) is 5.56 Å². The summed E-state index contributed by atoms with van der Waals surface area (Å²) in [7, 11) is 1.67. The fraction of sp³-hybridized carbons (Fsp3) is 0.571. The molecule has 0 radical (unpaired) electrons. The average molecular weight is 253 g/mol. The van der Waals surface area contributed by atoms with Crippen LogP contribution in [0.2, 0.25) is 0 Å². The van der Waals surface area contributed by atoms with E-state index in [1.807, 2.05) is 18.2 Å². The van der Waals surface area contributed by atoms with Gasteiger partial charge in [0.1, 0.15) is 5.75 Å². The van der Waals surface area contributed by atoms with Gasteiger partial charge >= 0.3 is 0 Å². The van der Waals surface area contributed by atoms with Gasteiger partial charge in [-0.3, -0.25) is 0 Å². The van der Waals surface area contributed by atoms with Gasteiger partial charge in [0, 0.05) is 6.54 Å². The molecular formula is C14H23NO3. The summed E-state index contributed by atoms with van der Waals surface area (Å²) in [5.41, 5.74) is 1.21. The minimum atomic E-state index is -1.16. The summed E-state index contributed by atoms with van der Waals surface area (Å²) in [4.78, 5) is 0. The van der Waals surface area contributed by atoms with Crippen LogP contribution in [0.15, 0.2) is 24.3 Å². The summed E-state index contributed by atoms with van der Waals surface area (Å²) in [5, 5.41) is 20.7. The molecule has 0 saturated carbocycles. The lowest BCUT2D eigenvalue weighted by atomic mass is 10.2. The Bertz CT molecular complexity index is 329. The van der Waals surface area contributed by atoms with Crippen molar-refractivity contribution < 1.29 is 14.9 Å². The maximum Gasteiger partial charge on any atom is 0.151 e. The van der Waals surface area contributed by atoms with Crippen molar-refractivity contribution in [2.45, 2.75) is 38.5 Å². The number of unbranched alkanes of at least 4 members (excludes halogenated alkanes) is 2. The van der Waals surface area contributed by atoms with Crippen molar-refractivity contribution in [1.29, 1.82) is 0 Å². The van der Waals surface area contributed by atoms with Gasteiger partial charge in [-0.15, -0.1) is 0 Å². The first-order chi connectivity index (χ1) is 8.72. The number of hydrogen-bond acceptors (Lipinski definition) is 4. The number of nitrogens with one attached hydrogen (secondary N) is 1. The number of ether oxygens (including phenoxy) is 1. The number of methoxy groups -OCH3 is 1. The number of aliphatic hydroxyl groups excluding tert-OH is 1. The second-order valence-corrected chi connectivity index (χ2v) is 4.36. The number of benzene rings is 1. The van der Waals surface area contributed by atoms with Crippen LogP contribution in [0.5, 0.6) is 5.75 Å². The maximum atomic E-state index is 8.68. The SMILES string of the molecule is COc1cccc(CNCCCCCC(O)O)c1. The molecule has 0 bridgehead atoms. The Morgan fingerprint density at radius 1 is 1.22 bits per heavy atom. The molecule has 1 aromatic carbocycles. The molecule has 0 spiro atoms. The highest BCUT2D eigenvalue weighted by molar-refractivity contribution is 5.28. The molecule has 0 saturated heterocycles. The van der Waals surface area contributed by atoms with Crippen LogP contribution in [0.3, 0.4) is 0 Å². The van der Waals surface area contributed by atoms with Crippen molar-refractivity contribution in [2.24, 2.45) is 0 Å². The molecule has 1 rings (SSSR count). The Morgan fingerprint density at radius 3 is 2.78 bits per heavy atom. The van der Waals surface area contributed by atoms with E-state index in [9.17, 15) is 0 Å². The normalized spacial score (nSPS) is 10.9. The topological polar surface area (TPSA) is 61.7 Å². The average Bonchev–Trinajstić information content (AvgIpc) is 2.37. The van der Waals surface area contributed by atoms with Gasteiger partial charge in [0.2, 0.25) is 0 Å². The molecule has 4 heteroatoms. The minimum absolute atomic E-state index is 0.468. The molecule has 0 heterocycles. The second kappa shape index (κ2) is 8.91. The predicted molar refractivity (Wildman–Crippen MR) is 71.4 cm³/mol. The van der Waals surface area contributed by atoms with Gasteiger partial charge in [-0.1, -0.05) is 18.6 Å². The van der Waals surface area contributed by atoms with E-state index in [2.05, 4.69) is 11.4 Å². The molecule has 0 fully saturated rings. The van der Waals surface area contributed by atoms with Crippen LogP contribution in [-0.2, 0) is 6.54 Å². The summed E-state index contributed by atoms with van der Waals surface area (Å²) in [6.45, 7) is 1.78. The van der Waals surface area contributed by atoms with Crippen LogP contribution in [0.1, 0.15) is 31.2 Å². The molecular weight excluding hydrogens is 230 g/mol. The Kier molecular flexibility index (Phi) is 7.41. The Labute approximate surface area is 109 Å². The zero-order valence-corrected chi connectivity index (χ0v) is 10.9. The Balaban J connectivity index is 2.06. The summed E-state index contributed by atoms with van der Waals surface area (Å²) in [6, 6.07) is 8.01. The van der Waals surface area contributed by atoms with Gasteiger partial charge in [0.25, 0.3) is 0 Å². The van der Waals surface area contributed by atoms with Crippen LogP contribution >= 0.6 is 0 Å². The molecule has 0 amide bonds. The third-order valence-electron chi connectivity index (χ3n) is 2.78. The highest BCUT2D eigenvalue weighted by Gasteiger charge is 1.98. The van der Waals surface area contributed by atoms with Crippen molar-refractivity contribution in [2.75, 3.05) is 13.7 Å². The van der Waals surface area contributed by atoms with Gasteiger partial charge < -0.3 is 20.3 Å².